The number of nitrogens with one attached hydrogen (secondary N) is 1. The van der Waals surface area contributed by atoms with Crippen molar-refractivity contribution < 1.29 is 4.74 Å². The normalized spacial score (nSPS) is 12.8. The van der Waals surface area contributed by atoms with E-state index in [-0.39, 0.29) is 0 Å². The van der Waals surface area contributed by atoms with Crippen molar-refractivity contribution in [2.24, 2.45) is 0 Å². The maximum atomic E-state index is 5.94. The topological polar surface area (TPSA) is 21.3 Å². The summed E-state index contributed by atoms with van der Waals surface area (Å²) in [5, 5.41) is 3.30. The minimum Gasteiger partial charge on any atom is -0.492 e. The Morgan fingerprint density at radius 2 is 1.94 bits per heavy atom. The van der Waals surface area contributed by atoms with Gasteiger partial charge in [-0.1, -0.05) is 45.4 Å². The van der Waals surface area contributed by atoms with E-state index in [0.717, 1.165) is 18.8 Å². The molecule has 1 atom stereocenters. The predicted octanol–water partition coefficient (Wildman–Crippen LogP) is 3.58. The molecule has 1 rings (SSSR count). The molecule has 0 heterocycles. The van der Waals surface area contributed by atoms with Crippen molar-refractivity contribution in [3.8, 4) is 5.75 Å². The number of hydrogen-bond donors (Lipinski definition) is 1. The average molecular weight is 235 g/mol. The number of rotatable bonds is 7. The third-order valence-corrected chi connectivity index (χ3v) is 3.03. The van der Waals surface area contributed by atoms with Gasteiger partial charge in [-0.25, -0.2) is 0 Å². The summed E-state index contributed by atoms with van der Waals surface area (Å²) in [4.78, 5) is 0. The first-order chi connectivity index (χ1) is 8.19. The lowest BCUT2D eigenvalue weighted by Crippen LogP contribution is -2.31. The Balaban J connectivity index is 2.61. The summed E-state index contributed by atoms with van der Waals surface area (Å²) < 4.78 is 5.94. The molecule has 2 nitrogen and oxygen atoms in total. The molecular formula is C15H25NO. The van der Waals surface area contributed by atoms with Crippen LogP contribution in [0.15, 0.2) is 24.3 Å². The average Bonchev–Trinajstić information content (AvgIpc) is 2.34. The van der Waals surface area contributed by atoms with Gasteiger partial charge in [0.2, 0.25) is 0 Å². The molecule has 0 spiro atoms. The Labute approximate surface area is 105 Å². The summed E-state index contributed by atoms with van der Waals surface area (Å²) in [6.45, 7) is 7.34. The Bertz CT molecular complexity index is 322. The largest absolute Gasteiger partial charge is 0.492 e. The fraction of sp³-hybridized carbons (Fsp3) is 0.600. The van der Waals surface area contributed by atoms with Gasteiger partial charge >= 0.3 is 0 Å². The number of likely N-dealkylation sites (N-methyl/N-ethyl adjacent to an activating group) is 1. The van der Waals surface area contributed by atoms with Crippen LogP contribution >= 0.6 is 0 Å². The predicted molar refractivity (Wildman–Crippen MR) is 73.8 cm³/mol. The molecule has 0 aromatic heterocycles. The van der Waals surface area contributed by atoms with Gasteiger partial charge in [-0.05, 0) is 31.0 Å². The monoisotopic (exact) mass is 235 g/mol. The number of ether oxygens (including phenoxy) is 1. The van der Waals surface area contributed by atoms with E-state index in [4.69, 9.17) is 4.74 Å². The van der Waals surface area contributed by atoms with E-state index in [1.807, 2.05) is 13.1 Å². The number of benzene rings is 1. The van der Waals surface area contributed by atoms with Crippen LogP contribution in [-0.4, -0.2) is 19.7 Å². The van der Waals surface area contributed by atoms with Crippen LogP contribution < -0.4 is 10.1 Å². The highest BCUT2D eigenvalue weighted by Gasteiger charge is 2.09. The molecule has 0 aliphatic rings. The van der Waals surface area contributed by atoms with Gasteiger partial charge in [0.05, 0.1) is 0 Å². The Hall–Kier alpha value is -1.02. The molecule has 0 saturated carbocycles. The fourth-order valence-electron chi connectivity index (χ4n) is 1.94. The second kappa shape index (κ2) is 7.33. The van der Waals surface area contributed by atoms with Gasteiger partial charge in [-0.15, -0.1) is 0 Å². The van der Waals surface area contributed by atoms with E-state index in [0.29, 0.717) is 12.0 Å². The van der Waals surface area contributed by atoms with Crippen LogP contribution in [0.5, 0.6) is 5.75 Å². The Kier molecular flexibility index (Phi) is 6.06. The first-order valence-corrected chi connectivity index (χ1v) is 6.58. The molecule has 2 heteroatoms. The van der Waals surface area contributed by atoms with Gasteiger partial charge in [0.25, 0.3) is 0 Å². The van der Waals surface area contributed by atoms with Crippen LogP contribution in [0.1, 0.15) is 45.1 Å². The maximum absolute atomic E-state index is 5.94. The van der Waals surface area contributed by atoms with Crippen LogP contribution in [0.3, 0.4) is 0 Å². The molecule has 0 fully saturated rings. The van der Waals surface area contributed by atoms with E-state index >= 15 is 0 Å². The van der Waals surface area contributed by atoms with Gasteiger partial charge in [-0.3, -0.25) is 0 Å². The van der Waals surface area contributed by atoms with Crippen LogP contribution in [0.4, 0.5) is 0 Å². The Morgan fingerprint density at radius 3 is 2.53 bits per heavy atom. The van der Waals surface area contributed by atoms with Crippen molar-refractivity contribution in [1.29, 1.82) is 0 Å². The lowest BCUT2D eigenvalue weighted by molar-refractivity contribution is 0.260. The second-order valence-corrected chi connectivity index (χ2v) is 4.78. The van der Waals surface area contributed by atoms with E-state index in [2.05, 4.69) is 44.3 Å². The molecule has 0 saturated heterocycles. The van der Waals surface area contributed by atoms with Crippen LogP contribution in [0.2, 0.25) is 0 Å². The summed E-state index contributed by atoms with van der Waals surface area (Å²) in [5.41, 5.74) is 1.29. The maximum Gasteiger partial charge on any atom is 0.122 e. The molecule has 1 N–H and O–H groups in total. The quantitative estimate of drug-likeness (QED) is 0.780. The molecule has 0 aliphatic carbocycles. The molecule has 0 radical (unpaired) electrons. The van der Waals surface area contributed by atoms with E-state index in [9.17, 15) is 0 Å². The third-order valence-electron chi connectivity index (χ3n) is 3.03. The van der Waals surface area contributed by atoms with Crippen molar-refractivity contribution >= 4 is 0 Å². The highest BCUT2D eigenvalue weighted by molar-refractivity contribution is 5.35. The number of hydrogen-bond acceptors (Lipinski definition) is 2. The fourth-order valence-corrected chi connectivity index (χ4v) is 1.94. The van der Waals surface area contributed by atoms with Crippen LogP contribution in [0, 0.1) is 0 Å². The van der Waals surface area contributed by atoms with E-state index in [1.54, 1.807) is 0 Å². The first kappa shape index (κ1) is 14.0. The number of para-hydroxylation sites is 1. The van der Waals surface area contributed by atoms with Crippen molar-refractivity contribution in [3.05, 3.63) is 29.8 Å². The van der Waals surface area contributed by atoms with Gasteiger partial charge < -0.3 is 10.1 Å². The van der Waals surface area contributed by atoms with Gasteiger partial charge in [-0.2, -0.15) is 0 Å². The molecule has 1 unspecified atom stereocenters. The standard InChI is InChI=1S/C15H25NO/c1-5-8-13(16-4)11-17-15-10-7-6-9-14(15)12(2)3/h6-7,9-10,12-13,16H,5,8,11H2,1-4H3. The summed E-state index contributed by atoms with van der Waals surface area (Å²) in [5.74, 6) is 1.53. The van der Waals surface area contributed by atoms with Gasteiger partial charge in [0, 0.05) is 6.04 Å². The smallest absolute Gasteiger partial charge is 0.122 e. The molecule has 96 valence electrons. The first-order valence-electron chi connectivity index (χ1n) is 6.58. The van der Waals surface area contributed by atoms with Crippen molar-refractivity contribution in [1.82, 2.24) is 5.32 Å². The SMILES string of the molecule is CCCC(COc1ccccc1C(C)C)NC. The zero-order valence-corrected chi connectivity index (χ0v) is 11.5. The van der Waals surface area contributed by atoms with Crippen molar-refractivity contribution in [2.45, 2.75) is 45.6 Å². The van der Waals surface area contributed by atoms with Gasteiger partial charge in [0.15, 0.2) is 0 Å². The molecular weight excluding hydrogens is 210 g/mol. The highest BCUT2D eigenvalue weighted by Crippen LogP contribution is 2.25. The second-order valence-electron chi connectivity index (χ2n) is 4.78. The van der Waals surface area contributed by atoms with Crippen molar-refractivity contribution in [3.63, 3.8) is 0 Å². The third kappa shape index (κ3) is 4.39. The zero-order valence-electron chi connectivity index (χ0n) is 11.5. The Morgan fingerprint density at radius 1 is 1.24 bits per heavy atom. The minimum absolute atomic E-state index is 0.445. The zero-order chi connectivity index (χ0) is 12.7. The summed E-state index contributed by atoms with van der Waals surface area (Å²) in [6, 6.07) is 8.77. The molecule has 0 bridgehead atoms. The summed E-state index contributed by atoms with van der Waals surface area (Å²) in [6.07, 6.45) is 2.33. The van der Waals surface area contributed by atoms with E-state index < -0.39 is 0 Å². The summed E-state index contributed by atoms with van der Waals surface area (Å²) in [7, 11) is 2.00. The lowest BCUT2D eigenvalue weighted by Gasteiger charge is -2.19. The highest BCUT2D eigenvalue weighted by atomic mass is 16.5. The molecule has 1 aromatic rings. The van der Waals surface area contributed by atoms with Gasteiger partial charge in [0.1, 0.15) is 12.4 Å². The molecule has 17 heavy (non-hydrogen) atoms. The lowest BCUT2D eigenvalue weighted by atomic mass is 10.0. The minimum atomic E-state index is 0.445. The van der Waals surface area contributed by atoms with Crippen LogP contribution in [0.25, 0.3) is 0 Å². The van der Waals surface area contributed by atoms with Crippen LogP contribution in [-0.2, 0) is 0 Å². The molecule has 0 amide bonds. The van der Waals surface area contributed by atoms with Crippen molar-refractivity contribution in [2.75, 3.05) is 13.7 Å². The molecule has 1 aromatic carbocycles. The van der Waals surface area contributed by atoms with E-state index in [1.165, 1.54) is 12.0 Å². The summed E-state index contributed by atoms with van der Waals surface area (Å²) >= 11 is 0. The molecule has 0 aliphatic heterocycles.